The summed E-state index contributed by atoms with van der Waals surface area (Å²) in [7, 11) is 0. The van der Waals surface area contributed by atoms with Crippen LogP contribution in [0, 0.1) is 11.3 Å². The van der Waals surface area contributed by atoms with E-state index in [-0.39, 0.29) is 0 Å². The third kappa shape index (κ3) is 5.25. The van der Waals surface area contributed by atoms with Gasteiger partial charge in [0.05, 0.1) is 6.61 Å². The number of amides is 1. The largest absolute Gasteiger partial charge is 0.494 e. The first kappa shape index (κ1) is 20.2. The maximum atomic E-state index is 12.3. The summed E-state index contributed by atoms with van der Waals surface area (Å²) in [5, 5.41) is 0. The number of piperidine rings is 2. The van der Waals surface area contributed by atoms with Crippen molar-refractivity contribution in [1.82, 2.24) is 9.80 Å². The Morgan fingerprint density at radius 1 is 1.07 bits per heavy atom. The first-order valence-electron chi connectivity index (χ1n) is 10.7. The zero-order chi connectivity index (χ0) is 19.3. The fourth-order valence-electron chi connectivity index (χ4n) is 4.57. The number of hydrogen-bond acceptors (Lipinski definition) is 3. The minimum Gasteiger partial charge on any atom is -0.494 e. The number of para-hydroxylation sites is 1. The highest BCUT2D eigenvalue weighted by atomic mass is 16.5. The van der Waals surface area contributed by atoms with Crippen molar-refractivity contribution in [2.24, 2.45) is 11.3 Å². The van der Waals surface area contributed by atoms with Gasteiger partial charge in [0, 0.05) is 31.6 Å². The SMILES string of the molecule is CCOc1ccccc1CN1CCC2(CC1)CCN(C(=O)CC(C)C)CC2. The predicted molar refractivity (Wildman–Crippen MR) is 110 cm³/mol. The van der Waals surface area contributed by atoms with Crippen molar-refractivity contribution in [2.75, 3.05) is 32.8 Å². The molecule has 2 heterocycles. The summed E-state index contributed by atoms with van der Waals surface area (Å²) in [6, 6.07) is 8.42. The number of likely N-dealkylation sites (tertiary alicyclic amines) is 2. The van der Waals surface area contributed by atoms with Crippen molar-refractivity contribution in [3.63, 3.8) is 0 Å². The van der Waals surface area contributed by atoms with Crippen molar-refractivity contribution in [3.8, 4) is 5.75 Å². The van der Waals surface area contributed by atoms with E-state index in [0.29, 0.717) is 30.3 Å². The topological polar surface area (TPSA) is 32.8 Å². The van der Waals surface area contributed by atoms with E-state index in [2.05, 4.69) is 41.8 Å². The minimum absolute atomic E-state index is 0.352. The first-order chi connectivity index (χ1) is 13.0. The first-order valence-corrected chi connectivity index (χ1v) is 10.7. The van der Waals surface area contributed by atoms with Gasteiger partial charge >= 0.3 is 0 Å². The molecule has 1 amide bonds. The van der Waals surface area contributed by atoms with Crippen molar-refractivity contribution in [1.29, 1.82) is 0 Å². The van der Waals surface area contributed by atoms with Crippen LogP contribution in [0.2, 0.25) is 0 Å². The highest BCUT2D eigenvalue weighted by Crippen LogP contribution is 2.41. The molecule has 0 aromatic heterocycles. The molecular weight excluding hydrogens is 336 g/mol. The summed E-state index contributed by atoms with van der Waals surface area (Å²) in [6.45, 7) is 12.2. The van der Waals surface area contributed by atoms with Crippen LogP contribution in [0.15, 0.2) is 24.3 Å². The fourth-order valence-corrected chi connectivity index (χ4v) is 4.57. The molecule has 0 N–H and O–H groups in total. The number of carbonyl (C=O) groups is 1. The molecule has 0 atom stereocenters. The summed E-state index contributed by atoms with van der Waals surface area (Å²) in [5.74, 6) is 1.83. The molecule has 27 heavy (non-hydrogen) atoms. The van der Waals surface area contributed by atoms with Gasteiger partial charge in [-0.1, -0.05) is 32.0 Å². The lowest BCUT2D eigenvalue weighted by molar-refractivity contribution is -0.134. The fraction of sp³-hybridized carbons (Fsp3) is 0.696. The summed E-state index contributed by atoms with van der Waals surface area (Å²) in [6.07, 6.45) is 5.58. The molecule has 0 aliphatic carbocycles. The third-order valence-corrected chi connectivity index (χ3v) is 6.34. The van der Waals surface area contributed by atoms with Crippen LogP contribution in [0.4, 0.5) is 0 Å². The van der Waals surface area contributed by atoms with Gasteiger partial charge in [-0.25, -0.2) is 0 Å². The lowest BCUT2D eigenvalue weighted by Gasteiger charge is -2.47. The average Bonchev–Trinajstić information content (AvgIpc) is 2.65. The van der Waals surface area contributed by atoms with Crippen molar-refractivity contribution >= 4 is 5.91 Å². The second kappa shape index (κ2) is 9.09. The molecular formula is C23H36N2O2. The van der Waals surface area contributed by atoms with Crippen molar-refractivity contribution in [2.45, 2.75) is 59.4 Å². The average molecular weight is 373 g/mol. The lowest BCUT2D eigenvalue weighted by Crippen LogP contribution is -2.48. The molecule has 3 rings (SSSR count). The van der Waals surface area contributed by atoms with E-state index >= 15 is 0 Å². The van der Waals surface area contributed by atoms with Crippen LogP contribution in [-0.4, -0.2) is 48.5 Å². The van der Waals surface area contributed by atoms with E-state index in [1.54, 1.807) is 0 Å². The van der Waals surface area contributed by atoms with Crippen LogP contribution >= 0.6 is 0 Å². The molecule has 0 bridgehead atoms. The van der Waals surface area contributed by atoms with E-state index in [4.69, 9.17) is 4.74 Å². The number of nitrogens with zero attached hydrogens (tertiary/aromatic N) is 2. The van der Waals surface area contributed by atoms with Crippen LogP contribution in [0.1, 0.15) is 58.4 Å². The van der Waals surface area contributed by atoms with Crippen molar-refractivity contribution < 1.29 is 9.53 Å². The van der Waals surface area contributed by atoms with Crippen LogP contribution in [0.3, 0.4) is 0 Å². The highest BCUT2D eigenvalue weighted by molar-refractivity contribution is 5.76. The van der Waals surface area contributed by atoms with Gasteiger partial charge in [-0.05, 0) is 63.1 Å². The van der Waals surface area contributed by atoms with Crippen LogP contribution in [0.5, 0.6) is 5.75 Å². The molecule has 2 aliphatic rings. The van der Waals surface area contributed by atoms with E-state index in [1.165, 1.54) is 31.2 Å². The monoisotopic (exact) mass is 372 g/mol. The Hall–Kier alpha value is -1.55. The number of hydrogen-bond donors (Lipinski definition) is 0. The maximum Gasteiger partial charge on any atom is 0.222 e. The molecule has 4 heteroatoms. The molecule has 1 spiro atoms. The summed E-state index contributed by atoms with van der Waals surface area (Å²) >= 11 is 0. The molecule has 0 saturated carbocycles. The highest BCUT2D eigenvalue weighted by Gasteiger charge is 2.38. The molecule has 0 unspecified atom stereocenters. The van der Waals surface area contributed by atoms with Gasteiger partial charge in [-0.3, -0.25) is 9.69 Å². The van der Waals surface area contributed by atoms with Crippen molar-refractivity contribution in [3.05, 3.63) is 29.8 Å². The van der Waals surface area contributed by atoms with Gasteiger partial charge in [0.1, 0.15) is 5.75 Å². The Kier molecular flexibility index (Phi) is 6.80. The molecule has 1 aromatic carbocycles. The quantitative estimate of drug-likeness (QED) is 0.745. The number of carbonyl (C=O) groups excluding carboxylic acids is 1. The molecule has 2 saturated heterocycles. The third-order valence-electron chi connectivity index (χ3n) is 6.34. The summed E-state index contributed by atoms with van der Waals surface area (Å²) in [4.78, 5) is 17.0. The van der Waals surface area contributed by atoms with Crippen LogP contribution in [-0.2, 0) is 11.3 Å². The second-order valence-electron chi connectivity index (χ2n) is 8.80. The maximum absolute atomic E-state index is 12.3. The number of rotatable bonds is 6. The molecule has 2 fully saturated rings. The van der Waals surface area contributed by atoms with Gasteiger partial charge in [-0.15, -0.1) is 0 Å². The minimum atomic E-state index is 0.352. The van der Waals surface area contributed by atoms with Gasteiger partial charge in [-0.2, -0.15) is 0 Å². The molecule has 2 aliphatic heterocycles. The van der Waals surface area contributed by atoms with Gasteiger partial charge in [0.25, 0.3) is 0 Å². The molecule has 4 nitrogen and oxygen atoms in total. The Morgan fingerprint density at radius 3 is 2.33 bits per heavy atom. The van der Waals surface area contributed by atoms with Gasteiger partial charge in [0.15, 0.2) is 0 Å². The lowest BCUT2D eigenvalue weighted by atomic mass is 9.71. The van der Waals surface area contributed by atoms with Gasteiger partial charge < -0.3 is 9.64 Å². The molecule has 1 aromatic rings. The Morgan fingerprint density at radius 2 is 1.70 bits per heavy atom. The zero-order valence-corrected chi connectivity index (χ0v) is 17.4. The van der Waals surface area contributed by atoms with E-state index < -0.39 is 0 Å². The number of ether oxygens (including phenoxy) is 1. The smallest absolute Gasteiger partial charge is 0.222 e. The van der Waals surface area contributed by atoms with Gasteiger partial charge in [0.2, 0.25) is 5.91 Å². The summed E-state index contributed by atoms with van der Waals surface area (Å²) < 4.78 is 5.79. The normalized spacial score (nSPS) is 20.2. The van der Waals surface area contributed by atoms with E-state index in [0.717, 1.165) is 38.5 Å². The second-order valence-corrected chi connectivity index (χ2v) is 8.80. The number of benzene rings is 1. The standard InChI is InChI=1S/C23H36N2O2/c1-4-27-21-8-6-5-7-20(21)18-24-13-9-23(10-14-24)11-15-25(16-12-23)22(26)17-19(2)3/h5-8,19H,4,9-18H2,1-3H3. The Bertz CT molecular complexity index is 611. The van der Waals surface area contributed by atoms with Crippen LogP contribution < -0.4 is 4.74 Å². The Labute approximate surface area is 164 Å². The van der Waals surface area contributed by atoms with E-state index in [9.17, 15) is 4.79 Å². The molecule has 0 radical (unpaired) electrons. The zero-order valence-electron chi connectivity index (χ0n) is 17.4. The molecule has 150 valence electrons. The Balaban J connectivity index is 1.49. The van der Waals surface area contributed by atoms with Crippen LogP contribution in [0.25, 0.3) is 0 Å². The predicted octanol–water partition coefficient (Wildman–Crippen LogP) is 4.34. The summed E-state index contributed by atoms with van der Waals surface area (Å²) in [5.41, 5.74) is 1.76. The van der Waals surface area contributed by atoms with E-state index in [1.807, 2.05) is 13.0 Å².